The molecule has 1 aliphatic heterocycles. The lowest BCUT2D eigenvalue weighted by Crippen LogP contribution is -2.31. The molecule has 6 nitrogen and oxygen atoms in total. The predicted molar refractivity (Wildman–Crippen MR) is 105 cm³/mol. The van der Waals surface area contributed by atoms with Gasteiger partial charge in [0.25, 0.3) is 0 Å². The Hall–Kier alpha value is -3.00. The van der Waals surface area contributed by atoms with Crippen LogP contribution in [0.3, 0.4) is 0 Å². The molecule has 138 valence electrons. The van der Waals surface area contributed by atoms with Gasteiger partial charge in [-0.2, -0.15) is 5.10 Å². The maximum absolute atomic E-state index is 13.0. The van der Waals surface area contributed by atoms with Crippen molar-refractivity contribution >= 4 is 40.1 Å². The molecule has 3 rings (SSSR count). The first kappa shape index (κ1) is 18.8. The van der Waals surface area contributed by atoms with Gasteiger partial charge in [-0.3, -0.25) is 9.59 Å². The first-order valence-electron chi connectivity index (χ1n) is 8.18. The molecule has 0 bridgehead atoms. The minimum Gasteiger partial charge on any atom is -0.377 e. The number of amidine groups is 1. The molecule has 8 heteroatoms. The zero-order valence-corrected chi connectivity index (χ0v) is 15.3. The molecule has 2 aromatic carbocycles. The van der Waals surface area contributed by atoms with E-state index in [-0.39, 0.29) is 29.2 Å². The van der Waals surface area contributed by atoms with Crippen LogP contribution >= 0.6 is 11.8 Å². The SMILES string of the molecule is C/C(=N/N=C(N)S[C@@H]1CC(=O)N(c2ccccc2)C1=O)c1ccc(F)cc1. The van der Waals surface area contributed by atoms with Gasteiger partial charge in [-0.25, -0.2) is 9.29 Å². The van der Waals surface area contributed by atoms with Gasteiger partial charge in [0.05, 0.1) is 11.4 Å². The summed E-state index contributed by atoms with van der Waals surface area (Å²) in [5, 5.41) is 7.37. The third kappa shape index (κ3) is 4.40. The Morgan fingerprint density at radius 1 is 1.11 bits per heavy atom. The standard InChI is InChI=1S/C19H17FN4O2S/c1-12(13-7-9-14(20)10-8-13)22-23-19(21)27-16-11-17(25)24(18(16)26)15-5-3-2-4-6-15/h2-10,16H,11H2,1H3,(H2,21,23)/b22-12-/t16-/m1/s1. The van der Waals surface area contributed by atoms with E-state index in [0.717, 1.165) is 16.7 Å². The van der Waals surface area contributed by atoms with Crippen molar-refractivity contribution in [3.63, 3.8) is 0 Å². The van der Waals surface area contributed by atoms with Crippen LogP contribution in [0.5, 0.6) is 0 Å². The first-order valence-corrected chi connectivity index (χ1v) is 9.06. The zero-order valence-electron chi connectivity index (χ0n) is 14.5. The number of para-hydroxylation sites is 1. The molecule has 0 saturated carbocycles. The van der Waals surface area contributed by atoms with Gasteiger partial charge < -0.3 is 5.73 Å². The molecule has 2 aromatic rings. The lowest BCUT2D eigenvalue weighted by atomic mass is 10.1. The van der Waals surface area contributed by atoms with Crippen molar-refractivity contribution in [3.8, 4) is 0 Å². The largest absolute Gasteiger partial charge is 0.377 e. The molecule has 1 fully saturated rings. The number of amides is 2. The minimum atomic E-state index is -0.636. The van der Waals surface area contributed by atoms with E-state index in [0.29, 0.717) is 17.0 Å². The number of hydrogen-bond donors (Lipinski definition) is 1. The van der Waals surface area contributed by atoms with Gasteiger partial charge in [-0.05, 0) is 36.8 Å². The fourth-order valence-corrected chi connectivity index (χ4v) is 3.40. The molecular weight excluding hydrogens is 367 g/mol. The first-order chi connectivity index (χ1) is 13.0. The highest BCUT2D eigenvalue weighted by Gasteiger charge is 2.40. The van der Waals surface area contributed by atoms with Crippen LogP contribution < -0.4 is 10.6 Å². The van der Waals surface area contributed by atoms with Crippen LogP contribution in [-0.2, 0) is 9.59 Å². The maximum atomic E-state index is 13.0. The van der Waals surface area contributed by atoms with Crippen molar-refractivity contribution in [3.05, 3.63) is 66.0 Å². The molecule has 2 amide bonds. The quantitative estimate of drug-likeness (QED) is 0.380. The van der Waals surface area contributed by atoms with Crippen LogP contribution in [0.4, 0.5) is 10.1 Å². The van der Waals surface area contributed by atoms with Gasteiger partial charge in [0, 0.05) is 6.42 Å². The zero-order chi connectivity index (χ0) is 19.4. The summed E-state index contributed by atoms with van der Waals surface area (Å²) in [5.41, 5.74) is 7.66. The summed E-state index contributed by atoms with van der Waals surface area (Å²) >= 11 is 1.01. The third-order valence-electron chi connectivity index (χ3n) is 3.94. The fourth-order valence-electron chi connectivity index (χ4n) is 2.59. The Kier molecular flexibility index (Phi) is 5.66. The second-order valence-electron chi connectivity index (χ2n) is 5.84. The van der Waals surface area contributed by atoms with Crippen molar-refractivity contribution in [2.45, 2.75) is 18.6 Å². The Morgan fingerprint density at radius 3 is 2.44 bits per heavy atom. The molecule has 1 heterocycles. The fraction of sp³-hybridized carbons (Fsp3) is 0.158. The van der Waals surface area contributed by atoms with Gasteiger partial charge in [-0.1, -0.05) is 42.1 Å². The Bertz CT molecular complexity index is 913. The highest BCUT2D eigenvalue weighted by molar-refractivity contribution is 8.14. The van der Waals surface area contributed by atoms with Crippen LogP contribution in [0.25, 0.3) is 0 Å². The number of halogens is 1. The molecule has 27 heavy (non-hydrogen) atoms. The van der Waals surface area contributed by atoms with Crippen LogP contribution in [0, 0.1) is 5.82 Å². The molecule has 2 N–H and O–H groups in total. The van der Waals surface area contributed by atoms with E-state index >= 15 is 0 Å². The van der Waals surface area contributed by atoms with E-state index in [9.17, 15) is 14.0 Å². The summed E-state index contributed by atoms with van der Waals surface area (Å²) in [6.07, 6.45) is 0.0509. The lowest BCUT2D eigenvalue weighted by Gasteiger charge is -2.14. The normalized spacial score (nSPS) is 18.3. The molecule has 0 radical (unpaired) electrons. The van der Waals surface area contributed by atoms with E-state index in [4.69, 9.17) is 5.73 Å². The minimum absolute atomic E-state index is 0.0509. The summed E-state index contributed by atoms with van der Waals surface area (Å²) in [6, 6.07) is 14.6. The highest BCUT2D eigenvalue weighted by Crippen LogP contribution is 2.29. The Morgan fingerprint density at radius 2 is 1.78 bits per heavy atom. The van der Waals surface area contributed by atoms with Gasteiger partial charge in [0.15, 0.2) is 5.17 Å². The Labute approximate surface area is 160 Å². The monoisotopic (exact) mass is 384 g/mol. The molecule has 0 unspecified atom stereocenters. The number of anilines is 1. The highest BCUT2D eigenvalue weighted by atomic mass is 32.2. The average Bonchev–Trinajstić information content (AvgIpc) is 2.94. The van der Waals surface area contributed by atoms with Crippen LogP contribution in [-0.4, -0.2) is 27.9 Å². The molecule has 0 spiro atoms. The number of rotatable bonds is 4. The third-order valence-corrected chi connectivity index (χ3v) is 4.92. The van der Waals surface area contributed by atoms with Crippen molar-refractivity contribution in [1.29, 1.82) is 0 Å². The summed E-state index contributed by atoms with van der Waals surface area (Å²) in [7, 11) is 0. The summed E-state index contributed by atoms with van der Waals surface area (Å²) in [5.74, 6) is -0.936. The second-order valence-corrected chi connectivity index (χ2v) is 7.07. The van der Waals surface area contributed by atoms with Crippen molar-refractivity contribution in [1.82, 2.24) is 0 Å². The van der Waals surface area contributed by atoms with Crippen LogP contribution in [0.2, 0.25) is 0 Å². The molecule has 1 aliphatic rings. The van der Waals surface area contributed by atoms with Crippen molar-refractivity contribution < 1.29 is 14.0 Å². The van der Waals surface area contributed by atoms with Gasteiger partial charge in [0.2, 0.25) is 11.8 Å². The summed E-state index contributed by atoms with van der Waals surface area (Å²) in [4.78, 5) is 25.9. The second kappa shape index (κ2) is 8.13. The molecular formula is C19H17FN4O2S. The van der Waals surface area contributed by atoms with Crippen molar-refractivity contribution in [2.24, 2.45) is 15.9 Å². The van der Waals surface area contributed by atoms with E-state index in [1.54, 1.807) is 43.3 Å². The average molecular weight is 384 g/mol. The lowest BCUT2D eigenvalue weighted by molar-refractivity contribution is -0.121. The van der Waals surface area contributed by atoms with Crippen LogP contribution in [0.15, 0.2) is 64.8 Å². The number of hydrogen-bond acceptors (Lipinski definition) is 5. The van der Waals surface area contributed by atoms with E-state index in [2.05, 4.69) is 10.2 Å². The number of thioether (sulfide) groups is 1. The number of imide groups is 1. The maximum Gasteiger partial charge on any atom is 0.247 e. The van der Waals surface area contributed by atoms with Crippen LogP contribution in [0.1, 0.15) is 18.9 Å². The molecule has 1 atom stereocenters. The molecule has 1 saturated heterocycles. The number of benzene rings is 2. The van der Waals surface area contributed by atoms with E-state index in [1.165, 1.54) is 12.1 Å². The van der Waals surface area contributed by atoms with Crippen molar-refractivity contribution in [2.75, 3.05) is 4.90 Å². The predicted octanol–water partition coefficient (Wildman–Crippen LogP) is 2.93. The number of carbonyl (C=O) groups is 2. The Balaban J connectivity index is 1.68. The van der Waals surface area contributed by atoms with E-state index < -0.39 is 5.25 Å². The number of carbonyl (C=O) groups excluding carboxylic acids is 2. The smallest absolute Gasteiger partial charge is 0.247 e. The summed E-state index contributed by atoms with van der Waals surface area (Å²) < 4.78 is 13.0. The summed E-state index contributed by atoms with van der Waals surface area (Å²) in [6.45, 7) is 1.72. The topological polar surface area (TPSA) is 88.1 Å². The number of nitrogens with two attached hydrogens (primary N) is 1. The number of nitrogens with zero attached hydrogens (tertiary/aromatic N) is 3. The van der Waals surface area contributed by atoms with Gasteiger partial charge >= 0.3 is 0 Å². The van der Waals surface area contributed by atoms with Gasteiger partial charge in [0.1, 0.15) is 11.1 Å². The molecule has 0 aromatic heterocycles. The van der Waals surface area contributed by atoms with E-state index in [1.807, 2.05) is 6.07 Å². The van der Waals surface area contributed by atoms with Gasteiger partial charge in [-0.15, -0.1) is 5.10 Å². The molecule has 0 aliphatic carbocycles.